The van der Waals surface area contributed by atoms with Crippen molar-refractivity contribution in [2.45, 2.75) is 59.5 Å². The standard InChI is InChI=1S/C18H28N2O4S2/c1-8-10(3)20(11(4)9-2)18(25)19-15-13(16(21)23-6)12(5)14(26-15)17(22)24-7/h10-11H,8-9H2,1-7H3,(H,19,25). The number of ether oxygens (including phenoxy) is 2. The number of carbonyl (C=O) groups is 2. The van der Waals surface area contributed by atoms with Crippen LogP contribution in [0.4, 0.5) is 5.00 Å². The molecule has 0 aliphatic carbocycles. The molecule has 1 N–H and O–H groups in total. The van der Waals surface area contributed by atoms with Crippen LogP contribution in [0.1, 0.15) is 66.1 Å². The minimum atomic E-state index is -0.516. The number of hydrogen-bond donors (Lipinski definition) is 1. The summed E-state index contributed by atoms with van der Waals surface area (Å²) in [7, 11) is 2.62. The van der Waals surface area contributed by atoms with Crippen molar-refractivity contribution in [2.75, 3.05) is 19.5 Å². The van der Waals surface area contributed by atoms with E-state index in [-0.39, 0.29) is 12.1 Å². The summed E-state index contributed by atoms with van der Waals surface area (Å²) >= 11 is 6.77. The molecule has 0 aliphatic heterocycles. The Morgan fingerprint density at radius 2 is 1.62 bits per heavy atom. The van der Waals surface area contributed by atoms with Gasteiger partial charge < -0.3 is 19.7 Å². The Morgan fingerprint density at radius 3 is 2.04 bits per heavy atom. The number of hydrogen-bond acceptors (Lipinski definition) is 6. The zero-order valence-electron chi connectivity index (χ0n) is 16.5. The van der Waals surface area contributed by atoms with E-state index in [2.05, 4.69) is 37.9 Å². The highest BCUT2D eigenvalue weighted by Gasteiger charge is 2.28. The molecule has 0 amide bonds. The van der Waals surface area contributed by atoms with Gasteiger partial charge in [0.05, 0.1) is 19.8 Å². The van der Waals surface area contributed by atoms with Gasteiger partial charge in [0, 0.05) is 12.1 Å². The predicted molar refractivity (Wildman–Crippen MR) is 109 cm³/mol. The van der Waals surface area contributed by atoms with E-state index in [0.29, 0.717) is 26.1 Å². The highest BCUT2D eigenvalue weighted by atomic mass is 32.1. The molecular formula is C18H28N2O4S2. The molecule has 2 unspecified atom stereocenters. The fourth-order valence-corrected chi connectivity index (χ4v) is 4.27. The van der Waals surface area contributed by atoms with E-state index in [1.54, 1.807) is 6.92 Å². The van der Waals surface area contributed by atoms with Crippen LogP contribution in [0.5, 0.6) is 0 Å². The van der Waals surface area contributed by atoms with Gasteiger partial charge in [-0.15, -0.1) is 11.3 Å². The first-order chi connectivity index (χ1) is 12.2. The zero-order chi connectivity index (χ0) is 20.0. The fraction of sp³-hybridized carbons (Fsp3) is 0.611. The molecule has 1 heterocycles. The van der Waals surface area contributed by atoms with Gasteiger partial charge in [-0.1, -0.05) is 13.8 Å². The molecule has 0 radical (unpaired) electrons. The zero-order valence-corrected chi connectivity index (χ0v) is 18.1. The average Bonchev–Trinajstić information content (AvgIpc) is 2.95. The van der Waals surface area contributed by atoms with Crippen molar-refractivity contribution in [3.05, 3.63) is 16.0 Å². The topological polar surface area (TPSA) is 67.9 Å². The number of thiocarbonyl (C=S) groups is 1. The quantitative estimate of drug-likeness (QED) is 0.543. The lowest BCUT2D eigenvalue weighted by Crippen LogP contribution is -2.46. The summed E-state index contributed by atoms with van der Waals surface area (Å²) in [5.41, 5.74) is 0.839. The second-order valence-electron chi connectivity index (χ2n) is 6.10. The third kappa shape index (κ3) is 4.73. The number of nitrogens with one attached hydrogen (secondary N) is 1. The van der Waals surface area contributed by atoms with Crippen LogP contribution >= 0.6 is 23.6 Å². The molecule has 6 nitrogen and oxygen atoms in total. The minimum Gasteiger partial charge on any atom is -0.465 e. The van der Waals surface area contributed by atoms with Gasteiger partial charge in [0.1, 0.15) is 9.88 Å². The Balaban J connectivity index is 3.31. The number of carbonyl (C=O) groups excluding carboxylic acids is 2. The van der Waals surface area contributed by atoms with Gasteiger partial charge in [-0.3, -0.25) is 0 Å². The first-order valence-electron chi connectivity index (χ1n) is 8.62. The maximum Gasteiger partial charge on any atom is 0.348 e. The number of anilines is 1. The third-order valence-electron chi connectivity index (χ3n) is 4.49. The van der Waals surface area contributed by atoms with Crippen molar-refractivity contribution in [3.63, 3.8) is 0 Å². The lowest BCUT2D eigenvalue weighted by molar-refractivity contribution is 0.0601. The van der Waals surface area contributed by atoms with E-state index >= 15 is 0 Å². The number of esters is 2. The Labute approximate surface area is 164 Å². The summed E-state index contributed by atoms with van der Waals surface area (Å²) < 4.78 is 9.69. The van der Waals surface area contributed by atoms with Crippen molar-refractivity contribution in [3.8, 4) is 0 Å². The summed E-state index contributed by atoms with van der Waals surface area (Å²) in [6.07, 6.45) is 1.87. The number of rotatable bonds is 7. The van der Waals surface area contributed by atoms with Crippen LogP contribution in [-0.4, -0.2) is 48.3 Å². The molecule has 0 aromatic carbocycles. The third-order valence-corrected chi connectivity index (χ3v) is 5.99. The Bertz CT molecular complexity index is 662. The molecule has 26 heavy (non-hydrogen) atoms. The molecule has 1 rings (SSSR count). The molecule has 0 saturated heterocycles. The van der Waals surface area contributed by atoms with Crippen LogP contribution in [-0.2, 0) is 9.47 Å². The van der Waals surface area contributed by atoms with E-state index in [1.807, 2.05) is 0 Å². The van der Waals surface area contributed by atoms with Gasteiger partial charge >= 0.3 is 11.9 Å². The van der Waals surface area contributed by atoms with Crippen LogP contribution in [0.2, 0.25) is 0 Å². The maximum absolute atomic E-state index is 12.2. The van der Waals surface area contributed by atoms with E-state index < -0.39 is 11.9 Å². The Hall–Kier alpha value is -1.67. The van der Waals surface area contributed by atoms with Crippen molar-refractivity contribution in [2.24, 2.45) is 0 Å². The molecule has 2 atom stereocenters. The monoisotopic (exact) mass is 400 g/mol. The van der Waals surface area contributed by atoms with Crippen LogP contribution < -0.4 is 5.32 Å². The molecule has 0 bridgehead atoms. The van der Waals surface area contributed by atoms with E-state index in [0.717, 1.165) is 24.2 Å². The van der Waals surface area contributed by atoms with E-state index in [9.17, 15) is 9.59 Å². The number of thiophene rings is 1. The Kier molecular flexibility index (Phi) is 8.49. The van der Waals surface area contributed by atoms with Crippen molar-refractivity contribution < 1.29 is 19.1 Å². The summed E-state index contributed by atoms with van der Waals surface area (Å²) in [5, 5.41) is 4.18. The Morgan fingerprint density at radius 1 is 1.12 bits per heavy atom. The first-order valence-corrected chi connectivity index (χ1v) is 9.85. The predicted octanol–water partition coefficient (Wildman–Crippen LogP) is 4.23. The van der Waals surface area contributed by atoms with Gasteiger partial charge in [-0.25, -0.2) is 9.59 Å². The fourth-order valence-electron chi connectivity index (χ4n) is 2.63. The lowest BCUT2D eigenvalue weighted by Gasteiger charge is -2.36. The normalized spacial score (nSPS) is 12.9. The van der Waals surface area contributed by atoms with Gasteiger partial charge in [0.25, 0.3) is 0 Å². The summed E-state index contributed by atoms with van der Waals surface area (Å²) in [6, 6.07) is 0.486. The maximum atomic E-state index is 12.2. The molecule has 0 aliphatic rings. The first kappa shape index (κ1) is 22.4. The molecule has 1 aromatic rings. The molecule has 146 valence electrons. The van der Waals surface area contributed by atoms with Crippen molar-refractivity contribution in [1.29, 1.82) is 0 Å². The molecule has 1 aromatic heterocycles. The van der Waals surface area contributed by atoms with Crippen LogP contribution in [0.15, 0.2) is 0 Å². The van der Waals surface area contributed by atoms with Gasteiger partial charge in [-0.2, -0.15) is 0 Å². The van der Waals surface area contributed by atoms with Crippen LogP contribution in [0, 0.1) is 6.92 Å². The second-order valence-corrected chi connectivity index (χ2v) is 7.50. The smallest absolute Gasteiger partial charge is 0.348 e. The lowest BCUT2D eigenvalue weighted by atomic mass is 10.1. The number of nitrogens with zero attached hydrogens (tertiary/aromatic N) is 1. The second kappa shape index (κ2) is 9.87. The largest absolute Gasteiger partial charge is 0.465 e. The molecular weight excluding hydrogens is 372 g/mol. The highest BCUT2D eigenvalue weighted by molar-refractivity contribution is 7.80. The van der Waals surface area contributed by atoms with Crippen molar-refractivity contribution in [1.82, 2.24) is 4.90 Å². The molecule has 0 fully saturated rings. The van der Waals surface area contributed by atoms with E-state index in [1.165, 1.54) is 14.2 Å². The SMILES string of the molecule is CCC(C)N(C(=S)Nc1sc(C(=O)OC)c(C)c1C(=O)OC)C(C)CC. The van der Waals surface area contributed by atoms with Gasteiger partial charge in [-0.05, 0) is 51.4 Å². The molecule has 0 saturated carbocycles. The average molecular weight is 401 g/mol. The van der Waals surface area contributed by atoms with Crippen molar-refractivity contribution >= 4 is 45.6 Å². The van der Waals surface area contributed by atoms with Crippen LogP contribution in [0.3, 0.4) is 0 Å². The summed E-state index contributed by atoms with van der Waals surface area (Å²) in [6.45, 7) is 10.1. The number of methoxy groups -OCH3 is 2. The molecule has 8 heteroatoms. The summed E-state index contributed by atoms with van der Waals surface area (Å²) in [5.74, 6) is -1.00. The highest BCUT2D eigenvalue weighted by Crippen LogP contribution is 2.34. The van der Waals surface area contributed by atoms with Gasteiger partial charge in [0.15, 0.2) is 5.11 Å². The van der Waals surface area contributed by atoms with Gasteiger partial charge in [0.2, 0.25) is 0 Å². The minimum absolute atomic E-state index is 0.243. The van der Waals surface area contributed by atoms with Crippen LogP contribution in [0.25, 0.3) is 0 Å². The van der Waals surface area contributed by atoms with E-state index in [4.69, 9.17) is 21.7 Å². The summed E-state index contributed by atoms with van der Waals surface area (Å²) in [4.78, 5) is 26.7. The molecule has 0 spiro atoms.